The van der Waals surface area contributed by atoms with Crippen molar-refractivity contribution >= 4 is 23.2 Å². The molecule has 1 saturated heterocycles. The minimum atomic E-state index is -0.376. The van der Waals surface area contributed by atoms with Crippen molar-refractivity contribution in [2.45, 2.75) is 32.1 Å². The van der Waals surface area contributed by atoms with E-state index in [1.165, 1.54) is 25.7 Å². The zero-order valence-electron chi connectivity index (χ0n) is 12.6. The van der Waals surface area contributed by atoms with Crippen molar-refractivity contribution in [2.24, 2.45) is 5.92 Å². The minimum absolute atomic E-state index is 0.167. The van der Waals surface area contributed by atoms with E-state index < -0.39 is 0 Å². The minimum Gasteiger partial charge on any atom is -0.365 e. The van der Waals surface area contributed by atoms with Crippen molar-refractivity contribution in [3.05, 3.63) is 21.6 Å². The Hall–Kier alpha value is -1.56. The monoisotopic (exact) mass is 324 g/mol. The highest BCUT2D eigenvalue weighted by atomic mass is 35.5. The molecule has 0 unspecified atom stereocenters. The molecule has 0 atom stereocenters. The highest BCUT2D eigenvalue weighted by Gasteiger charge is 2.26. The summed E-state index contributed by atoms with van der Waals surface area (Å²) in [6, 6.07) is 0. The van der Waals surface area contributed by atoms with Crippen molar-refractivity contribution < 1.29 is 4.79 Å². The van der Waals surface area contributed by atoms with Gasteiger partial charge in [0.2, 0.25) is 5.91 Å². The van der Waals surface area contributed by atoms with Crippen LogP contribution in [0.3, 0.4) is 0 Å². The van der Waals surface area contributed by atoms with Crippen LogP contribution in [-0.4, -0.2) is 47.2 Å². The fourth-order valence-electron chi connectivity index (χ4n) is 3.38. The van der Waals surface area contributed by atoms with Crippen molar-refractivity contribution in [2.75, 3.05) is 31.1 Å². The number of hydrogen-bond donors (Lipinski definition) is 1. The number of aromatic amines is 1. The van der Waals surface area contributed by atoms with Crippen LogP contribution in [0.5, 0.6) is 0 Å². The maximum absolute atomic E-state index is 12.3. The molecule has 22 heavy (non-hydrogen) atoms. The fraction of sp³-hybridized carbons (Fsp3) is 0.667. The third-order valence-corrected chi connectivity index (χ3v) is 5.05. The summed E-state index contributed by atoms with van der Waals surface area (Å²) >= 11 is 6.03. The van der Waals surface area contributed by atoms with Crippen LogP contribution in [0.25, 0.3) is 0 Å². The van der Waals surface area contributed by atoms with Gasteiger partial charge in [-0.2, -0.15) is 5.10 Å². The van der Waals surface area contributed by atoms with E-state index in [4.69, 9.17) is 11.6 Å². The predicted molar refractivity (Wildman–Crippen MR) is 85.2 cm³/mol. The summed E-state index contributed by atoms with van der Waals surface area (Å²) in [6.45, 7) is 2.71. The second-order valence-corrected chi connectivity index (χ2v) is 6.50. The van der Waals surface area contributed by atoms with Crippen LogP contribution in [0.4, 0.5) is 5.69 Å². The average molecular weight is 325 g/mol. The lowest BCUT2D eigenvalue weighted by Crippen LogP contribution is -2.49. The van der Waals surface area contributed by atoms with Gasteiger partial charge in [0.15, 0.2) is 0 Å². The van der Waals surface area contributed by atoms with Gasteiger partial charge in [0.05, 0.1) is 11.9 Å². The van der Waals surface area contributed by atoms with Gasteiger partial charge in [-0.3, -0.25) is 9.59 Å². The van der Waals surface area contributed by atoms with Crippen LogP contribution < -0.4 is 10.5 Å². The zero-order chi connectivity index (χ0) is 15.5. The first-order valence-electron chi connectivity index (χ1n) is 7.91. The Morgan fingerprint density at radius 2 is 1.95 bits per heavy atom. The summed E-state index contributed by atoms with van der Waals surface area (Å²) < 4.78 is 0. The van der Waals surface area contributed by atoms with E-state index in [9.17, 15) is 9.59 Å². The Morgan fingerprint density at radius 1 is 1.27 bits per heavy atom. The molecular formula is C15H21ClN4O2. The number of halogens is 1. The summed E-state index contributed by atoms with van der Waals surface area (Å²) in [5, 5.41) is 6.28. The van der Waals surface area contributed by atoms with E-state index >= 15 is 0 Å². The lowest BCUT2D eigenvalue weighted by Gasteiger charge is -2.36. The van der Waals surface area contributed by atoms with Crippen LogP contribution in [0.2, 0.25) is 5.02 Å². The smallest absolute Gasteiger partial charge is 0.285 e. The van der Waals surface area contributed by atoms with E-state index in [0.717, 1.165) is 0 Å². The largest absolute Gasteiger partial charge is 0.365 e. The first-order valence-corrected chi connectivity index (χ1v) is 8.29. The van der Waals surface area contributed by atoms with E-state index in [0.29, 0.717) is 44.2 Å². The molecule has 6 nitrogen and oxygen atoms in total. The van der Waals surface area contributed by atoms with Crippen LogP contribution in [0.1, 0.15) is 32.1 Å². The fourth-order valence-corrected chi connectivity index (χ4v) is 3.59. The molecule has 2 fully saturated rings. The Labute approximate surface area is 134 Å². The average Bonchev–Trinajstić information content (AvgIpc) is 3.03. The summed E-state index contributed by atoms with van der Waals surface area (Å²) in [7, 11) is 0. The summed E-state index contributed by atoms with van der Waals surface area (Å²) in [6.07, 6.45) is 7.17. The number of rotatable bonds is 3. The molecule has 0 bridgehead atoms. The number of nitrogens with zero attached hydrogens (tertiary/aromatic N) is 3. The van der Waals surface area contributed by atoms with Crippen LogP contribution in [0, 0.1) is 5.92 Å². The SMILES string of the molecule is O=C(CC1CCCC1)N1CCN(c2cn[nH]c(=O)c2Cl)CC1. The molecule has 2 aliphatic rings. The highest BCUT2D eigenvalue weighted by Crippen LogP contribution is 2.28. The maximum Gasteiger partial charge on any atom is 0.285 e. The van der Waals surface area contributed by atoms with E-state index in [-0.39, 0.29) is 16.5 Å². The number of piperazine rings is 1. The molecule has 0 spiro atoms. The van der Waals surface area contributed by atoms with E-state index in [1.54, 1.807) is 6.20 Å². The van der Waals surface area contributed by atoms with Crippen LogP contribution >= 0.6 is 11.6 Å². The second-order valence-electron chi connectivity index (χ2n) is 6.12. The second kappa shape index (κ2) is 6.69. The Morgan fingerprint density at radius 3 is 2.64 bits per heavy atom. The van der Waals surface area contributed by atoms with Crippen molar-refractivity contribution in [1.82, 2.24) is 15.1 Å². The topological polar surface area (TPSA) is 69.3 Å². The first kappa shape index (κ1) is 15.3. The third kappa shape index (κ3) is 3.27. The normalized spacial score (nSPS) is 19.7. The number of carbonyl (C=O) groups excluding carboxylic acids is 1. The standard InChI is InChI=1S/C15H21ClN4O2/c16-14-12(10-17-18-15(14)22)19-5-7-20(8-6-19)13(21)9-11-3-1-2-4-11/h10-11H,1-9H2,(H,18,22). The van der Waals surface area contributed by atoms with Gasteiger partial charge in [0.1, 0.15) is 5.02 Å². The molecule has 7 heteroatoms. The zero-order valence-corrected chi connectivity index (χ0v) is 13.3. The molecule has 1 aliphatic heterocycles. The van der Waals surface area contributed by atoms with E-state index in [1.807, 2.05) is 9.80 Å². The lowest BCUT2D eigenvalue weighted by atomic mass is 10.0. The molecule has 2 heterocycles. The predicted octanol–water partition coefficient (Wildman–Crippen LogP) is 1.65. The number of amides is 1. The number of carbonyl (C=O) groups is 1. The van der Waals surface area contributed by atoms with Crippen LogP contribution in [-0.2, 0) is 4.79 Å². The van der Waals surface area contributed by atoms with Gasteiger partial charge in [-0.25, -0.2) is 5.10 Å². The number of nitrogens with one attached hydrogen (secondary N) is 1. The molecular weight excluding hydrogens is 304 g/mol. The van der Waals surface area contributed by atoms with Gasteiger partial charge in [0.25, 0.3) is 5.56 Å². The molecule has 1 aliphatic carbocycles. The molecule has 1 aromatic heterocycles. The molecule has 0 radical (unpaired) electrons. The maximum atomic E-state index is 12.3. The highest BCUT2D eigenvalue weighted by molar-refractivity contribution is 6.33. The molecule has 1 saturated carbocycles. The van der Waals surface area contributed by atoms with Gasteiger partial charge in [-0.1, -0.05) is 24.4 Å². The molecule has 1 aromatic rings. The Bertz CT molecular complexity index is 589. The number of aromatic nitrogens is 2. The third-order valence-electron chi connectivity index (χ3n) is 4.69. The molecule has 3 rings (SSSR count). The lowest BCUT2D eigenvalue weighted by molar-refractivity contribution is -0.132. The number of hydrogen-bond acceptors (Lipinski definition) is 4. The molecule has 0 aromatic carbocycles. The Balaban J connectivity index is 1.56. The summed E-state index contributed by atoms with van der Waals surface area (Å²) in [5.74, 6) is 0.846. The summed E-state index contributed by atoms with van der Waals surface area (Å²) in [4.78, 5) is 27.8. The van der Waals surface area contributed by atoms with Gasteiger partial charge < -0.3 is 9.80 Å². The van der Waals surface area contributed by atoms with Crippen molar-refractivity contribution in [3.8, 4) is 0 Å². The van der Waals surface area contributed by atoms with Gasteiger partial charge in [-0.05, 0) is 18.8 Å². The van der Waals surface area contributed by atoms with Crippen LogP contribution in [0.15, 0.2) is 11.0 Å². The summed E-state index contributed by atoms with van der Waals surface area (Å²) in [5.41, 5.74) is 0.271. The van der Waals surface area contributed by atoms with Gasteiger partial charge in [0, 0.05) is 32.6 Å². The van der Waals surface area contributed by atoms with E-state index in [2.05, 4.69) is 10.2 Å². The molecule has 1 N–H and O–H groups in total. The first-order chi connectivity index (χ1) is 10.6. The molecule has 1 amide bonds. The quantitative estimate of drug-likeness (QED) is 0.918. The van der Waals surface area contributed by atoms with Crippen molar-refractivity contribution in [3.63, 3.8) is 0 Å². The molecule has 120 valence electrons. The number of anilines is 1. The van der Waals surface area contributed by atoms with Gasteiger partial charge >= 0.3 is 0 Å². The van der Waals surface area contributed by atoms with Crippen molar-refractivity contribution in [1.29, 1.82) is 0 Å². The number of H-pyrrole nitrogens is 1. The Kier molecular flexibility index (Phi) is 4.66. The van der Waals surface area contributed by atoms with Gasteiger partial charge in [-0.15, -0.1) is 0 Å².